The second kappa shape index (κ2) is 6.64. The second-order valence-corrected chi connectivity index (χ2v) is 5.31. The lowest BCUT2D eigenvalue weighted by molar-refractivity contribution is 0.432. The van der Waals surface area contributed by atoms with Gasteiger partial charge in [-0.05, 0) is 38.0 Å². The highest BCUT2D eigenvalue weighted by atomic mass is 79.9. The lowest BCUT2D eigenvalue weighted by atomic mass is 9.94. The molecule has 2 atom stereocenters. The van der Waals surface area contributed by atoms with Crippen molar-refractivity contribution in [1.29, 1.82) is 0 Å². The summed E-state index contributed by atoms with van der Waals surface area (Å²) >= 11 is 3.83. The van der Waals surface area contributed by atoms with E-state index in [1.165, 1.54) is 51.4 Å². The monoisotopic (exact) mass is 244 g/mol. The predicted molar refractivity (Wildman–Crippen MR) is 63.3 cm³/mol. The zero-order chi connectivity index (χ0) is 9.52. The van der Waals surface area contributed by atoms with Crippen molar-refractivity contribution < 1.29 is 0 Å². The molecule has 0 N–H and O–H groups in total. The first-order valence-corrected chi connectivity index (χ1v) is 6.51. The molecule has 0 saturated heterocycles. The summed E-state index contributed by atoms with van der Waals surface area (Å²) in [4.78, 5) is 0.791. The zero-order valence-corrected chi connectivity index (χ0v) is 10.1. The predicted octanol–water partition coefficient (Wildman–Crippen LogP) is 4.69. The molecular weight excluding hydrogens is 224 g/mol. The molecule has 1 aliphatic carbocycles. The van der Waals surface area contributed by atoms with Gasteiger partial charge >= 0.3 is 0 Å². The van der Waals surface area contributed by atoms with Crippen molar-refractivity contribution in [2.75, 3.05) is 0 Å². The van der Waals surface area contributed by atoms with Crippen molar-refractivity contribution in [1.82, 2.24) is 0 Å². The van der Waals surface area contributed by atoms with E-state index in [0.29, 0.717) is 0 Å². The van der Waals surface area contributed by atoms with E-state index in [1.807, 2.05) is 6.08 Å². The molecule has 1 rings (SSSR count). The maximum absolute atomic E-state index is 3.83. The Morgan fingerprint density at radius 3 is 2.77 bits per heavy atom. The Balaban J connectivity index is 2.23. The maximum Gasteiger partial charge on any atom is 0.0174 e. The minimum Gasteiger partial charge on any atom is -0.103 e. The van der Waals surface area contributed by atoms with E-state index < -0.39 is 0 Å². The van der Waals surface area contributed by atoms with Crippen LogP contribution in [0.1, 0.15) is 51.4 Å². The minimum absolute atomic E-state index is 0.791. The van der Waals surface area contributed by atoms with E-state index in [0.717, 1.165) is 10.7 Å². The summed E-state index contributed by atoms with van der Waals surface area (Å²) in [6.45, 7) is 3.77. The van der Waals surface area contributed by atoms with Gasteiger partial charge in [0.05, 0.1) is 0 Å². The van der Waals surface area contributed by atoms with Gasteiger partial charge in [-0.3, -0.25) is 0 Å². The molecule has 0 spiro atoms. The highest BCUT2D eigenvalue weighted by Crippen LogP contribution is 2.32. The highest BCUT2D eigenvalue weighted by molar-refractivity contribution is 9.09. The number of rotatable bonds is 4. The summed E-state index contributed by atoms with van der Waals surface area (Å²) in [5.74, 6) is 0.933. The lowest BCUT2D eigenvalue weighted by Gasteiger charge is -2.19. The molecule has 0 aromatic rings. The summed E-state index contributed by atoms with van der Waals surface area (Å²) in [6, 6.07) is 0. The molecular formula is C12H21Br. The molecule has 0 aromatic heterocycles. The van der Waals surface area contributed by atoms with Gasteiger partial charge in [0.2, 0.25) is 0 Å². The molecule has 1 fully saturated rings. The van der Waals surface area contributed by atoms with Crippen LogP contribution >= 0.6 is 15.9 Å². The van der Waals surface area contributed by atoms with Crippen molar-refractivity contribution in [2.45, 2.75) is 56.2 Å². The number of allylic oxidation sites excluding steroid dienone is 1. The van der Waals surface area contributed by atoms with Crippen LogP contribution < -0.4 is 0 Å². The fourth-order valence-corrected chi connectivity index (χ4v) is 3.04. The van der Waals surface area contributed by atoms with Crippen molar-refractivity contribution in [3.8, 4) is 0 Å². The number of hydrogen-bond acceptors (Lipinski definition) is 0. The van der Waals surface area contributed by atoms with Gasteiger partial charge in [0, 0.05) is 4.83 Å². The van der Waals surface area contributed by atoms with E-state index in [2.05, 4.69) is 22.5 Å². The third-order valence-electron chi connectivity index (χ3n) is 3.05. The molecule has 0 aliphatic heterocycles. The largest absolute Gasteiger partial charge is 0.103 e. The fraction of sp³-hybridized carbons (Fsp3) is 0.833. The number of halogens is 1. The molecule has 2 unspecified atom stereocenters. The smallest absolute Gasteiger partial charge is 0.0174 e. The third kappa shape index (κ3) is 4.30. The van der Waals surface area contributed by atoms with E-state index >= 15 is 0 Å². The van der Waals surface area contributed by atoms with Crippen LogP contribution in [0, 0.1) is 5.92 Å². The van der Waals surface area contributed by atoms with Crippen LogP contribution in [0.25, 0.3) is 0 Å². The van der Waals surface area contributed by atoms with Crippen LogP contribution in [-0.4, -0.2) is 4.83 Å². The fourth-order valence-electron chi connectivity index (χ4n) is 2.19. The van der Waals surface area contributed by atoms with Crippen molar-refractivity contribution in [3.63, 3.8) is 0 Å². The summed E-state index contributed by atoms with van der Waals surface area (Å²) < 4.78 is 0. The quantitative estimate of drug-likeness (QED) is 0.292. The first kappa shape index (κ1) is 11.3. The van der Waals surface area contributed by atoms with Gasteiger partial charge in [-0.25, -0.2) is 0 Å². The maximum atomic E-state index is 3.83. The van der Waals surface area contributed by atoms with E-state index in [9.17, 15) is 0 Å². The first-order chi connectivity index (χ1) is 6.34. The van der Waals surface area contributed by atoms with Crippen LogP contribution in [-0.2, 0) is 0 Å². The molecule has 1 heteroatoms. The van der Waals surface area contributed by atoms with Gasteiger partial charge in [0.1, 0.15) is 0 Å². The van der Waals surface area contributed by atoms with Crippen molar-refractivity contribution in [3.05, 3.63) is 12.7 Å². The van der Waals surface area contributed by atoms with Crippen LogP contribution in [0.3, 0.4) is 0 Å². The Morgan fingerprint density at radius 2 is 2.00 bits per heavy atom. The Morgan fingerprint density at radius 1 is 1.23 bits per heavy atom. The summed E-state index contributed by atoms with van der Waals surface area (Å²) in [5.41, 5.74) is 0. The number of hydrogen-bond donors (Lipinski definition) is 0. The average molecular weight is 245 g/mol. The topological polar surface area (TPSA) is 0 Å². The van der Waals surface area contributed by atoms with Crippen LogP contribution in [0.5, 0.6) is 0 Å². The number of unbranched alkanes of at least 4 members (excludes halogenated alkanes) is 1. The Bertz CT molecular complexity index is 142. The molecule has 0 radical (unpaired) electrons. The average Bonchev–Trinajstić information content (AvgIpc) is 2.32. The molecule has 0 bridgehead atoms. The molecule has 13 heavy (non-hydrogen) atoms. The first-order valence-electron chi connectivity index (χ1n) is 5.59. The molecule has 0 heterocycles. The Labute approximate surface area is 90.9 Å². The van der Waals surface area contributed by atoms with Gasteiger partial charge in [-0.2, -0.15) is 0 Å². The SMILES string of the molecule is C=CCCCC1CCCCCC1Br. The summed E-state index contributed by atoms with van der Waals surface area (Å²) in [5, 5.41) is 0. The summed E-state index contributed by atoms with van der Waals surface area (Å²) in [6.07, 6.45) is 13.1. The normalized spacial score (nSPS) is 29.6. The molecule has 1 aliphatic rings. The second-order valence-electron chi connectivity index (χ2n) is 4.13. The van der Waals surface area contributed by atoms with E-state index in [1.54, 1.807) is 0 Å². The molecule has 1 saturated carbocycles. The van der Waals surface area contributed by atoms with Crippen molar-refractivity contribution >= 4 is 15.9 Å². The summed E-state index contributed by atoms with van der Waals surface area (Å²) in [7, 11) is 0. The van der Waals surface area contributed by atoms with Gasteiger partial charge in [0.25, 0.3) is 0 Å². The molecule has 76 valence electrons. The zero-order valence-electron chi connectivity index (χ0n) is 8.47. The standard InChI is InChI=1S/C12H21Br/c1-2-3-5-8-11-9-6-4-7-10-12(11)13/h2,11-12H,1,3-10H2. The number of alkyl halides is 1. The third-order valence-corrected chi connectivity index (χ3v) is 4.25. The van der Waals surface area contributed by atoms with Crippen LogP contribution in [0.15, 0.2) is 12.7 Å². The molecule has 0 amide bonds. The molecule has 0 nitrogen and oxygen atoms in total. The van der Waals surface area contributed by atoms with Gasteiger partial charge in [-0.15, -0.1) is 6.58 Å². The molecule has 0 aromatic carbocycles. The minimum atomic E-state index is 0.791. The van der Waals surface area contributed by atoms with E-state index in [4.69, 9.17) is 0 Å². The van der Waals surface area contributed by atoms with E-state index in [-0.39, 0.29) is 0 Å². The Kier molecular flexibility index (Phi) is 5.77. The Hall–Kier alpha value is 0.220. The van der Waals surface area contributed by atoms with Crippen LogP contribution in [0.2, 0.25) is 0 Å². The van der Waals surface area contributed by atoms with Gasteiger partial charge in [-0.1, -0.05) is 41.3 Å². The van der Waals surface area contributed by atoms with Crippen molar-refractivity contribution in [2.24, 2.45) is 5.92 Å². The van der Waals surface area contributed by atoms with Crippen LogP contribution in [0.4, 0.5) is 0 Å². The van der Waals surface area contributed by atoms with Gasteiger partial charge < -0.3 is 0 Å². The van der Waals surface area contributed by atoms with Gasteiger partial charge in [0.15, 0.2) is 0 Å². The highest BCUT2D eigenvalue weighted by Gasteiger charge is 2.20. The lowest BCUT2D eigenvalue weighted by Crippen LogP contribution is -2.12.